The third-order valence-corrected chi connectivity index (χ3v) is 3.17. The summed E-state index contributed by atoms with van der Waals surface area (Å²) in [5.41, 5.74) is -2.47. The van der Waals surface area contributed by atoms with E-state index < -0.39 is 22.8 Å². The van der Waals surface area contributed by atoms with Gasteiger partial charge in [-0.25, -0.2) is 0 Å². The molecule has 0 aromatic rings. The molecule has 0 aromatic carbocycles. The van der Waals surface area contributed by atoms with E-state index in [1.807, 2.05) is 6.92 Å². The molecule has 0 aromatic heterocycles. The third-order valence-electron chi connectivity index (χ3n) is 3.17. The zero-order valence-electron chi connectivity index (χ0n) is 10.5. The molecule has 0 unspecified atom stereocenters. The van der Waals surface area contributed by atoms with Gasteiger partial charge in [-0.1, -0.05) is 47.0 Å². The Balaban J connectivity index is -0.00000112. The van der Waals surface area contributed by atoms with E-state index in [4.69, 9.17) is 0 Å². The van der Waals surface area contributed by atoms with Crippen LogP contribution in [0.1, 0.15) is 53.4 Å². The molecule has 0 rings (SSSR count). The van der Waals surface area contributed by atoms with Crippen LogP contribution in [-0.2, 0) is 9.59 Å². The summed E-state index contributed by atoms with van der Waals surface area (Å²) in [6.45, 7) is 7.00. The van der Waals surface area contributed by atoms with Crippen molar-refractivity contribution in [3.05, 3.63) is 0 Å². The molecule has 0 saturated carbocycles. The normalized spacial score (nSPS) is 11.1. The van der Waals surface area contributed by atoms with Crippen molar-refractivity contribution < 1.29 is 19.8 Å². The molecule has 0 aliphatic carbocycles. The molecule has 0 heterocycles. The van der Waals surface area contributed by atoms with E-state index in [1.54, 1.807) is 20.8 Å². The SMILES string of the molecule is CCCCCC(C(=O)O)(C(=O)O)C(C)(C)C.[KH].[LiH]. The first-order valence-electron chi connectivity index (χ1n) is 5.67. The predicted octanol–water partition coefficient (Wildman–Crippen LogP) is 1.47. The fourth-order valence-corrected chi connectivity index (χ4v) is 1.96. The molecule has 2 N–H and O–H groups in total. The minimum absolute atomic E-state index is 0. The third kappa shape index (κ3) is 5.66. The Labute approximate surface area is 164 Å². The van der Waals surface area contributed by atoms with Crippen molar-refractivity contribution in [1.29, 1.82) is 0 Å². The van der Waals surface area contributed by atoms with Crippen LogP contribution in [0.25, 0.3) is 0 Å². The number of hydrogen-bond donors (Lipinski definition) is 2. The van der Waals surface area contributed by atoms with E-state index in [0.29, 0.717) is 6.42 Å². The van der Waals surface area contributed by atoms with Crippen molar-refractivity contribution in [1.82, 2.24) is 0 Å². The zero-order chi connectivity index (χ0) is 13.0. The van der Waals surface area contributed by atoms with Gasteiger partial charge in [-0.05, 0) is 11.8 Å². The van der Waals surface area contributed by atoms with Crippen molar-refractivity contribution in [3.63, 3.8) is 0 Å². The molecule has 0 spiro atoms. The van der Waals surface area contributed by atoms with Crippen LogP contribution in [0.2, 0.25) is 0 Å². The van der Waals surface area contributed by atoms with Crippen LogP contribution < -0.4 is 0 Å². The van der Waals surface area contributed by atoms with Crippen LogP contribution in [0.3, 0.4) is 0 Å². The first-order chi connectivity index (χ1) is 7.20. The summed E-state index contributed by atoms with van der Waals surface area (Å²) in [4.78, 5) is 22.6. The number of hydrogen-bond acceptors (Lipinski definition) is 2. The van der Waals surface area contributed by atoms with Gasteiger partial charge >= 0.3 is 82.2 Å². The number of rotatable bonds is 6. The van der Waals surface area contributed by atoms with Gasteiger partial charge in [0.2, 0.25) is 0 Å². The van der Waals surface area contributed by atoms with Crippen molar-refractivity contribution in [2.24, 2.45) is 10.8 Å². The molecule has 6 heteroatoms. The van der Waals surface area contributed by atoms with Gasteiger partial charge in [-0.2, -0.15) is 0 Å². The van der Waals surface area contributed by atoms with E-state index in [2.05, 4.69) is 0 Å². The summed E-state index contributed by atoms with van der Waals surface area (Å²) >= 11 is 0. The average molecular weight is 278 g/mol. The van der Waals surface area contributed by atoms with Gasteiger partial charge in [0, 0.05) is 0 Å². The van der Waals surface area contributed by atoms with E-state index in [1.165, 1.54) is 0 Å². The molecule has 0 amide bonds. The van der Waals surface area contributed by atoms with Gasteiger partial charge in [0.15, 0.2) is 5.41 Å². The van der Waals surface area contributed by atoms with Gasteiger partial charge in [-0.15, -0.1) is 0 Å². The summed E-state index contributed by atoms with van der Waals surface area (Å²) in [5, 5.41) is 18.5. The van der Waals surface area contributed by atoms with Crippen LogP contribution in [0.15, 0.2) is 0 Å². The fourth-order valence-electron chi connectivity index (χ4n) is 1.96. The molecular formula is C12H24KLiO4. The quantitative estimate of drug-likeness (QED) is 0.438. The summed E-state index contributed by atoms with van der Waals surface area (Å²) < 4.78 is 0. The minimum atomic E-state index is -1.68. The Morgan fingerprint density at radius 3 is 1.61 bits per heavy atom. The van der Waals surface area contributed by atoms with Gasteiger partial charge in [0.1, 0.15) is 0 Å². The predicted molar refractivity (Wildman–Crippen MR) is 75.6 cm³/mol. The molecule has 0 aliphatic rings. The Kier molecular flexibility index (Phi) is 13.4. The molecule has 4 nitrogen and oxygen atoms in total. The molecular weight excluding hydrogens is 254 g/mol. The topological polar surface area (TPSA) is 74.6 Å². The van der Waals surface area contributed by atoms with E-state index >= 15 is 0 Å². The monoisotopic (exact) mass is 278 g/mol. The van der Waals surface area contributed by atoms with Crippen molar-refractivity contribution >= 4 is 82.2 Å². The maximum atomic E-state index is 11.3. The van der Waals surface area contributed by atoms with Crippen LogP contribution in [-0.4, -0.2) is 92.4 Å². The average Bonchev–Trinajstić information content (AvgIpc) is 2.08. The summed E-state index contributed by atoms with van der Waals surface area (Å²) in [7, 11) is 0. The standard InChI is InChI=1S/C12H22O4.K.Li.2H/c1-5-6-7-8-12(9(13)14,10(15)16)11(2,3)4;;;;/h5-8H2,1-4H3,(H,13,14)(H,15,16);;;;. The fraction of sp³-hybridized carbons (Fsp3) is 0.833. The van der Waals surface area contributed by atoms with Crippen molar-refractivity contribution in [2.45, 2.75) is 53.4 Å². The number of carbonyl (C=O) groups is 2. The van der Waals surface area contributed by atoms with Crippen LogP contribution in [0, 0.1) is 10.8 Å². The zero-order valence-corrected chi connectivity index (χ0v) is 10.5. The molecule has 18 heavy (non-hydrogen) atoms. The van der Waals surface area contributed by atoms with Crippen LogP contribution in [0.5, 0.6) is 0 Å². The summed E-state index contributed by atoms with van der Waals surface area (Å²) in [6.07, 6.45) is 2.62. The number of carboxylic acids is 2. The summed E-state index contributed by atoms with van der Waals surface area (Å²) in [5.74, 6) is -2.47. The number of unbranched alkanes of at least 4 members (excludes halogenated alkanes) is 2. The molecule has 0 radical (unpaired) electrons. The van der Waals surface area contributed by atoms with E-state index in [9.17, 15) is 19.8 Å². The van der Waals surface area contributed by atoms with Crippen molar-refractivity contribution in [3.8, 4) is 0 Å². The van der Waals surface area contributed by atoms with E-state index in [0.717, 1.165) is 12.8 Å². The summed E-state index contributed by atoms with van der Waals surface area (Å²) in [6, 6.07) is 0. The van der Waals surface area contributed by atoms with E-state index in [-0.39, 0.29) is 76.7 Å². The molecule has 0 saturated heterocycles. The van der Waals surface area contributed by atoms with Gasteiger partial charge in [0.25, 0.3) is 0 Å². The molecule has 98 valence electrons. The van der Waals surface area contributed by atoms with Gasteiger partial charge in [-0.3, -0.25) is 9.59 Å². The second-order valence-corrected chi connectivity index (χ2v) is 5.22. The first kappa shape index (κ1) is 24.2. The second-order valence-electron chi connectivity index (χ2n) is 5.22. The van der Waals surface area contributed by atoms with Crippen LogP contribution in [0.4, 0.5) is 0 Å². The van der Waals surface area contributed by atoms with Gasteiger partial charge in [0.05, 0.1) is 0 Å². The number of aliphatic carboxylic acids is 2. The Morgan fingerprint density at radius 2 is 1.39 bits per heavy atom. The maximum absolute atomic E-state index is 11.3. The Morgan fingerprint density at radius 1 is 1.00 bits per heavy atom. The second kappa shape index (κ2) is 9.98. The number of carboxylic acid groups (broad SMARTS) is 2. The molecule has 0 bridgehead atoms. The molecule has 0 atom stereocenters. The Hall–Kier alpha value is 1.17. The van der Waals surface area contributed by atoms with Gasteiger partial charge < -0.3 is 10.2 Å². The van der Waals surface area contributed by atoms with Crippen LogP contribution >= 0.6 is 0 Å². The first-order valence-corrected chi connectivity index (χ1v) is 5.67. The molecule has 0 fully saturated rings. The molecule has 0 aliphatic heterocycles. The Bertz CT molecular complexity index is 260. The van der Waals surface area contributed by atoms with Crippen molar-refractivity contribution in [2.75, 3.05) is 0 Å².